The van der Waals surface area contributed by atoms with E-state index >= 15 is 0 Å². The standard InChI is InChI=1S/C14H17N5O8/c15-13-16-10-7(11(25)17-13)18(3-1-2-6(21)22)14(26)19(10)12-9(24)8(23)5(4-20)27-12/h1-2,5,8-9,12,20,23-24H,3-4H2,(H,21,22)(H3,15,16,17,25)/b2-1+/t5-,8+,9-,12-/m1/s1. The lowest BCUT2D eigenvalue weighted by Crippen LogP contribution is -2.36. The van der Waals surface area contributed by atoms with Crippen molar-refractivity contribution in [1.82, 2.24) is 19.1 Å². The van der Waals surface area contributed by atoms with E-state index in [0.29, 0.717) is 0 Å². The average Bonchev–Trinajstić information content (AvgIpc) is 3.02. The van der Waals surface area contributed by atoms with E-state index in [4.69, 9.17) is 15.6 Å². The van der Waals surface area contributed by atoms with E-state index < -0.39 is 48.4 Å². The van der Waals surface area contributed by atoms with Gasteiger partial charge in [-0.2, -0.15) is 4.98 Å². The van der Waals surface area contributed by atoms with Gasteiger partial charge in [0.25, 0.3) is 5.56 Å². The fourth-order valence-electron chi connectivity index (χ4n) is 2.95. The number of fused-ring (bicyclic) bond motifs is 1. The Hall–Kier alpha value is -3.00. The Morgan fingerprint density at radius 1 is 1.33 bits per heavy atom. The summed E-state index contributed by atoms with van der Waals surface area (Å²) in [6.07, 6.45) is -3.72. The Kier molecular flexibility index (Phi) is 4.84. The number of aliphatic hydroxyl groups excluding tert-OH is 3. The number of hydrogen-bond acceptors (Lipinski definition) is 9. The van der Waals surface area contributed by atoms with Gasteiger partial charge in [-0.3, -0.25) is 14.3 Å². The van der Waals surface area contributed by atoms with Crippen LogP contribution in [0.5, 0.6) is 0 Å². The number of aromatic nitrogens is 4. The molecule has 0 bridgehead atoms. The van der Waals surface area contributed by atoms with Gasteiger partial charge in [0.05, 0.1) is 6.61 Å². The highest BCUT2D eigenvalue weighted by Gasteiger charge is 2.45. The van der Waals surface area contributed by atoms with E-state index in [2.05, 4.69) is 9.97 Å². The van der Waals surface area contributed by atoms with Crippen molar-refractivity contribution in [2.45, 2.75) is 31.1 Å². The van der Waals surface area contributed by atoms with Gasteiger partial charge in [0.2, 0.25) is 5.95 Å². The molecule has 146 valence electrons. The summed E-state index contributed by atoms with van der Waals surface area (Å²) < 4.78 is 7.10. The van der Waals surface area contributed by atoms with Gasteiger partial charge in [0, 0.05) is 12.6 Å². The molecule has 0 amide bonds. The minimum absolute atomic E-state index is 0.220. The molecule has 4 atom stereocenters. The van der Waals surface area contributed by atoms with E-state index in [0.717, 1.165) is 21.3 Å². The molecule has 1 aliphatic rings. The molecule has 1 saturated heterocycles. The zero-order valence-corrected chi connectivity index (χ0v) is 13.7. The number of aliphatic carboxylic acids is 1. The number of hydrogen-bond donors (Lipinski definition) is 6. The molecule has 0 unspecified atom stereocenters. The number of nitrogens with one attached hydrogen (secondary N) is 1. The van der Waals surface area contributed by atoms with Crippen molar-refractivity contribution >= 4 is 23.1 Å². The first-order chi connectivity index (χ1) is 12.8. The van der Waals surface area contributed by atoms with E-state index in [1.165, 1.54) is 0 Å². The number of ether oxygens (including phenoxy) is 1. The van der Waals surface area contributed by atoms with Crippen LogP contribution < -0.4 is 17.0 Å². The molecule has 13 heteroatoms. The molecule has 13 nitrogen and oxygen atoms in total. The molecule has 3 heterocycles. The lowest BCUT2D eigenvalue weighted by Gasteiger charge is -2.15. The fraction of sp³-hybridized carbons (Fsp3) is 0.429. The van der Waals surface area contributed by atoms with E-state index in [-0.39, 0.29) is 23.7 Å². The first-order valence-electron chi connectivity index (χ1n) is 7.78. The van der Waals surface area contributed by atoms with Gasteiger partial charge in [-0.1, -0.05) is 6.08 Å². The van der Waals surface area contributed by atoms with E-state index in [1.54, 1.807) is 0 Å². The van der Waals surface area contributed by atoms with Crippen molar-refractivity contribution in [2.75, 3.05) is 12.3 Å². The summed E-state index contributed by atoms with van der Waals surface area (Å²) in [6, 6.07) is 0. The quantitative estimate of drug-likeness (QED) is 0.284. The second-order valence-corrected chi connectivity index (χ2v) is 5.86. The van der Waals surface area contributed by atoms with Crippen LogP contribution in [0.2, 0.25) is 0 Å². The number of carboxylic acids is 1. The predicted molar refractivity (Wildman–Crippen MR) is 88.8 cm³/mol. The third-order valence-corrected chi connectivity index (χ3v) is 4.15. The maximum atomic E-state index is 12.8. The van der Waals surface area contributed by atoms with Crippen LogP contribution in [0, 0.1) is 0 Å². The number of nitrogens with zero attached hydrogens (tertiary/aromatic N) is 3. The smallest absolute Gasteiger partial charge is 0.333 e. The number of aromatic amines is 1. The Bertz CT molecular complexity index is 1020. The highest BCUT2D eigenvalue weighted by Crippen LogP contribution is 2.30. The van der Waals surface area contributed by atoms with Crippen LogP contribution in [0.1, 0.15) is 6.23 Å². The summed E-state index contributed by atoms with van der Waals surface area (Å²) in [7, 11) is 0. The highest BCUT2D eigenvalue weighted by atomic mass is 16.6. The predicted octanol–water partition coefficient (Wildman–Crippen LogP) is -3.28. The van der Waals surface area contributed by atoms with E-state index in [1.807, 2.05) is 0 Å². The summed E-state index contributed by atoms with van der Waals surface area (Å²) in [5.74, 6) is -1.54. The molecular weight excluding hydrogens is 366 g/mol. The minimum atomic E-state index is -1.59. The molecule has 0 aliphatic carbocycles. The first-order valence-corrected chi connectivity index (χ1v) is 7.78. The molecule has 0 spiro atoms. The largest absolute Gasteiger partial charge is 0.478 e. The van der Waals surface area contributed by atoms with Gasteiger partial charge in [0.1, 0.15) is 18.3 Å². The number of nitrogens with two attached hydrogens (primary N) is 1. The molecule has 27 heavy (non-hydrogen) atoms. The zero-order chi connectivity index (χ0) is 19.9. The topological polar surface area (TPSA) is 206 Å². The van der Waals surface area contributed by atoms with Gasteiger partial charge in [-0.05, 0) is 0 Å². The van der Waals surface area contributed by atoms with Crippen molar-refractivity contribution in [3.05, 3.63) is 33.0 Å². The molecule has 7 N–H and O–H groups in total. The Morgan fingerprint density at radius 2 is 2.04 bits per heavy atom. The van der Waals surface area contributed by atoms with Gasteiger partial charge in [-0.25, -0.2) is 14.2 Å². The van der Waals surface area contributed by atoms with E-state index in [9.17, 15) is 29.7 Å². The maximum absolute atomic E-state index is 12.8. The van der Waals surface area contributed by atoms with Crippen molar-refractivity contribution in [3.63, 3.8) is 0 Å². The third kappa shape index (κ3) is 3.12. The second kappa shape index (κ2) is 6.96. The molecule has 2 aromatic heterocycles. The second-order valence-electron chi connectivity index (χ2n) is 5.86. The van der Waals surface area contributed by atoms with Crippen LogP contribution in [-0.4, -0.2) is 70.4 Å². The molecule has 1 aliphatic heterocycles. The number of carbonyl (C=O) groups is 1. The number of imidazole rings is 1. The summed E-state index contributed by atoms with van der Waals surface area (Å²) >= 11 is 0. The van der Waals surface area contributed by atoms with Crippen LogP contribution in [0.25, 0.3) is 11.2 Å². The zero-order valence-electron chi connectivity index (χ0n) is 13.7. The lowest BCUT2D eigenvalue weighted by atomic mass is 10.1. The maximum Gasteiger partial charge on any atom is 0.333 e. The number of allylic oxidation sites excluding steroid dienone is 1. The number of rotatable bonds is 5. The number of anilines is 1. The highest BCUT2D eigenvalue weighted by molar-refractivity contribution is 5.79. The molecule has 2 aromatic rings. The van der Waals surface area contributed by atoms with Crippen LogP contribution in [0.15, 0.2) is 21.7 Å². The summed E-state index contributed by atoms with van der Waals surface area (Å²) in [5, 5.41) is 38.0. The molecule has 3 rings (SSSR count). The summed E-state index contributed by atoms with van der Waals surface area (Å²) in [4.78, 5) is 41.9. The number of nitrogen functional groups attached to an aromatic ring is 1. The van der Waals surface area contributed by atoms with Gasteiger partial charge in [-0.15, -0.1) is 0 Å². The average molecular weight is 383 g/mol. The first kappa shape index (κ1) is 18.8. The minimum Gasteiger partial charge on any atom is -0.478 e. The SMILES string of the molecule is Nc1nc2c(c(=O)[nH]1)n(C/C=C/C(=O)O)c(=O)n2[C@@H]1O[C@H](CO)[C@H](O)[C@H]1O. The Balaban J connectivity index is 2.21. The number of aliphatic hydroxyl groups is 3. The number of H-pyrrole nitrogens is 1. The van der Waals surface area contributed by atoms with Gasteiger partial charge >= 0.3 is 11.7 Å². The Labute approximate surface area is 149 Å². The van der Waals surface area contributed by atoms with Crippen LogP contribution in [0.4, 0.5) is 5.95 Å². The molecule has 0 saturated carbocycles. The normalized spacial score (nSPS) is 25.6. The lowest BCUT2D eigenvalue weighted by molar-refractivity contribution is -0.131. The van der Waals surface area contributed by atoms with Crippen molar-refractivity contribution in [1.29, 1.82) is 0 Å². The van der Waals surface area contributed by atoms with Gasteiger partial charge in [0.15, 0.2) is 17.4 Å². The summed E-state index contributed by atoms with van der Waals surface area (Å²) in [5.41, 5.74) is 3.48. The van der Waals surface area contributed by atoms with Crippen molar-refractivity contribution in [3.8, 4) is 0 Å². The molecule has 0 radical (unpaired) electrons. The fourth-order valence-corrected chi connectivity index (χ4v) is 2.95. The summed E-state index contributed by atoms with van der Waals surface area (Å²) in [6.45, 7) is -0.891. The van der Waals surface area contributed by atoms with Crippen molar-refractivity contribution < 1.29 is 30.0 Å². The number of carboxylic acid groups (broad SMARTS) is 1. The van der Waals surface area contributed by atoms with Gasteiger partial charge < -0.3 is 30.9 Å². The molecule has 0 aromatic carbocycles. The van der Waals surface area contributed by atoms with Crippen LogP contribution >= 0.6 is 0 Å². The third-order valence-electron chi connectivity index (χ3n) is 4.15. The molecule has 1 fully saturated rings. The van der Waals surface area contributed by atoms with Crippen molar-refractivity contribution in [2.24, 2.45) is 0 Å². The Morgan fingerprint density at radius 3 is 2.63 bits per heavy atom. The van der Waals surface area contributed by atoms with Crippen LogP contribution in [0.3, 0.4) is 0 Å². The molecular formula is C14H17N5O8. The van der Waals surface area contributed by atoms with Crippen LogP contribution in [-0.2, 0) is 16.1 Å². The monoisotopic (exact) mass is 383 g/mol.